The van der Waals surface area contributed by atoms with Crippen molar-refractivity contribution >= 4 is 11.9 Å². The summed E-state index contributed by atoms with van der Waals surface area (Å²) in [7, 11) is 1.94. The number of fused-ring (bicyclic) bond motifs is 2. The molecule has 2 aliphatic heterocycles. The summed E-state index contributed by atoms with van der Waals surface area (Å²) < 4.78 is 5.85. The van der Waals surface area contributed by atoms with Crippen LogP contribution < -0.4 is 0 Å². The van der Waals surface area contributed by atoms with Crippen LogP contribution in [0.4, 0.5) is 0 Å². The standard InChI is InChI=1S/C23H32N2O3/c1-22(21(27)24(2)16-17-25-14-6-3-7-15-25)10-12-23(13-11-22)19-9-5-4-8-18(19)20(26)28-23/h4-5,8-9H,3,6-7,10-17H2,1-2H3/t22-,23-. The molecule has 2 fully saturated rings. The van der Waals surface area contributed by atoms with Gasteiger partial charge in [-0.15, -0.1) is 0 Å². The fraction of sp³-hybridized carbons (Fsp3) is 0.652. The molecular formula is C23H32N2O3. The molecule has 152 valence electrons. The van der Waals surface area contributed by atoms with Gasteiger partial charge < -0.3 is 14.5 Å². The number of likely N-dealkylation sites (N-methyl/N-ethyl adjacent to an activating group) is 1. The second kappa shape index (κ2) is 7.51. The quantitative estimate of drug-likeness (QED) is 0.745. The Morgan fingerprint density at radius 2 is 1.79 bits per heavy atom. The van der Waals surface area contributed by atoms with E-state index in [9.17, 15) is 9.59 Å². The highest BCUT2D eigenvalue weighted by molar-refractivity contribution is 5.94. The van der Waals surface area contributed by atoms with Crippen LogP contribution in [0.5, 0.6) is 0 Å². The molecule has 0 aromatic heterocycles. The van der Waals surface area contributed by atoms with Gasteiger partial charge in [0, 0.05) is 31.1 Å². The summed E-state index contributed by atoms with van der Waals surface area (Å²) in [5.74, 6) is 0.0150. The molecule has 3 aliphatic rings. The summed E-state index contributed by atoms with van der Waals surface area (Å²) in [6.07, 6.45) is 6.83. The zero-order valence-electron chi connectivity index (χ0n) is 17.2. The second-order valence-electron chi connectivity index (χ2n) is 9.12. The van der Waals surface area contributed by atoms with Crippen molar-refractivity contribution < 1.29 is 14.3 Å². The molecule has 0 unspecified atom stereocenters. The lowest BCUT2D eigenvalue weighted by Gasteiger charge is -2.43. The lowest BCUT2D eigenvalue weighted by molar-refractivity contribution is -0.145. The van der Waals surface area contributed by atoms with Gasteiger partial charge in [0.2, 0.25) is 5.91 Å². The molecule has 1 aromatic carbocycles. The zero-order valence-corrected chi connectivity index (χ0v) is 17.2. The van der Waals surface area contributed by atoms with Crippen molar-refractivity contribution in [2.75, 3.05) is 33.2 Å². The van der Waals surface area contributed by atoms with Gasteiger partial charge in [-0.25, -0.2) is 4.79 Å². The number of benzene rings is 1. The van der Waals surface area contributed by atoms with Crippen LogP contribution in [0.3, 0.4) is 0 Å². The Morgan fingerprint density at radius 3 is 2.50 bits per heavy atom. The predicted octanol–water partition coefficient (Wildman–Crippen LogP) is 3.58. The number of carbonyl (C=O) groups excluding carboxylic acids is 2. The molecule has 1 aliphatic carbocycles. The molecule has 0 bridgehead atoms. The van der Waals surface area contributed by atoms with Crippen LogP contribution >= 0.6 is 0 Å². The fourth-order valence-corrected chi connectivity index (χ4v) is 5.17. The number of likely N-dealkylation sites (tertiary alicyclic amines) is 1. The third kappa shape index (κ3) is 3.45. The van der Waals surface area contributed by atoms with E-state index in [1.165, 1.54) is 19.3 Å². The van der Waals surface area contributed by atoms with Crippen molar-refractivity contribution in [3.05, 3.63) is 35.4 Å². The number of carbonyl (C=O) groups is 2. The maximum absolute atomic E-state index is 13.2. The average Bonchev–Trinajstić information content (AvgIpc) is 3.01. The minimum Gasteiger partial charge on any atom is -0.451 e. The van der Waals surface area contributed by atoms with E-state index in [2.05, 4.69) is 11.8 Å². The summed E-state index contributed by atoms with van der Waals surface area (Å²) in [6.45, 7) is 6.16. The smallest absolute Gasteiger partial charge is 0.339 e. The van der Waals surface area contributed by atoms with E-state index < -0.39 is 5.60 Å². The Bertz CT molecular complexity index is 746. The first-order chi connectivity index (χ1) is 13.4. The lowest BCUT2D eigenvalue weighted by atomic mass is 9.67. The van der Waals surface area contributed by atoms with Crippen LogP contribution in [0.25, 0.3) is 0 Å². The number of hydrogen-bond donors (Lipinski definition) is 0. The first-order valence-corrected chi connectivity index (χ1v) is 10.7. The Morgan fingerprint density at radius 1 is 1.11 bits per heavy atom. The second-order valence-corrected chi connectivity index (χ2v) is 9.12. The van der Waals surface area contributed by atoms with Gasteiger partial charge in [0.05, 0.1) is 5.56 Å². The Labute approximate surface area is 168 Å². The molecule has 1 aromatic rings. The van der Waals surface area contributed by atoms with Gasteiger partial charge in [-0.2, -0.15) is 0 Å². The largest absolute Gasteiger partial charge is 0.451 e. The number of ether oxygens (including phenoxy) is 1. The molecule has 0 N–H and O–H groups in total. The number of amides is 1. The third-order valence-electron chi connectivity index (χ3n) is 7.15. The van der Waals surface area contributed by atoms with Gasteiger partial charge in [0.1, 0.15) is 5.60 Å². The van der Waals surface area contributed by atoms with E-state index in [1.807, 2.05) is 36.2 Å². The molecule has 1 amide bonds. The van der Waals surface area contributed by atoms with Crippen molar-refractivity contribution in [3.8, 4) is 0 Å². The topological polar surface area (TPSA) is 49.9 Å². The zero-order chi connectivity index (χ0) is 19.8. The molecule has 2 heterocycles. The predicted molar refractivity (Wildman–Crippen MR) is 108 cm³/mol. The molecule has 5 nitrogen and oxygen atoms in total. The van der Waals surface area contributed by atoms with Gasteiger partial charge in [-0.3, -0.25) is 4.79 Å². The molecule has 5 heteroatoms. The molecule has 1 saturated carbocycles. The highest BCUT2D eigenvalue weighted by Crippen LogP contribution is 2.51. The monoisotopic (exact) mass is 384 g/mol. The summed E-state index contributed by atoms with van der Waals surface area (Å²) in [5.41, 5.74) is 0.801. The Balaban J connectivity index is 1.38. The first kappa shape index (κ1) is 19.4. The van der Waals surface area contributed by atoms with E-state index >= 15 is 0 Å². The van der Waals surface area contributed by atoms with Crippen LogP contribution in [0.1, 0.15) is 67.8 Å². The SMILES string of the molecule is CN(CCN1CCCCC1)C(=O)[C@]1(C)CC[C@]2(CC1)OC(=O)c1ccccc12. The molecule has 0 atom stereocenters. The van der Waals surface area contributed by atoms with Gasteiger partial charge >= 0.3 is 5.97 Å². The lowest BCUT2D eigenvalue weighted by Crippen LogP contribution is -2.47. The summed E-state index contributed by atoms with van der Waals surface area (Å²) in [5, 5.41) is 0. The minimum absolute atomic E-state index is 0.218. The Hall–Kier alpha value is -1.88. The highest BCUT2D eigenvalue weighted by atomic mass is 16.6. The number of rotatable bonds is 4. The molecule has 1 spiro atoms. The van der Waals surface area contributed by atoms with E-state index in [-0.39, 0.29) is 17.3 Å². The minimum atomic E-state index is -0.528. The van der Waals surface area contributed by atoms with Crippen molar-refractivity contribution in [3.63, 3.8) is 0 Å². The summed E-state index contributed by atoms with van der Waals surface area (Å²) in [6, 6.07) is 7.71. The van der Waals surface area contributed by atoms with Crippen molar-refractivity contribution in [1.29, 1.82) is 0 Å². The normalized spacial score (nSPS) is 30.1. The summed E-state index contributed by atoms with van der Waals surface area (Å²) in [4.78, 5) is 29.9. The van der Waals surface area contributed by atoms with Crippen LogP contribution in [0.15, 0.2) is 24.3 Å². The van der Waals surface area contributed by atoms with E-state index in [0.717, 1.165) is 57.4 Å². The van der Waals surface area contributed by atoms with Gasteiger partial charge in [-0.05, 0) is 57.7 Å². The van der Waals surface area contributed by atoms with Crippen LogP contribution in [-0.4, -0.2) is 54.9 Å². The van der Waals surface area contributed by atoms with Crippen LogP contribution in [0, 0.1) is 5.41 Å². The average molecular weight is 385 g/mol. The maximum atomic E-state index is 13.2. The number of nitrogens with zero attached hydrogens (tertiary/aromatic N) is 2. The molecule has 4 rings (SSSR count). The number of esters is 1. The summed E-state index contributed by atoms with van der Waals surface area (Å²) >= 11 is 0. The number of piperidine rings is 1. The van der Waals surface area contributed by atoms with Crippen molar-refractivity contribution in [1.82, 2.24) is 9.80 Å². The third-order valence-corrected chi connectivity index (χ3v) is 7.15. The van der Waals surface area contributed by atoms with Gasteiger partial charge in [0.15, 0.2) is 0 Å². The first-order valence-electron chi connectivity index (χ1n) is 10.7. The molecular weight excluding hydrogens is 352 g/mol. The van der Waals surface area contributed by atoms with Crippen LogP contribution in [0.2, 0.25) is 0 Å². The molecule has 28 heavy (non-hydrogen) atoms. The Kier molecular flexibility index (Phi) is 5.21. The van der Waals surface area contributed by atoms with Crippen LogP contribution in [-0.2, 0) is 15.1 Å². The fourth-order valence-electron chi connectivity index (χ4n) is 5.17. The van der Waals surface area contributed by atoms with E-state index in [1.54, 1.807) is 0 Å². The van der Waals surface area contributed by atoms with Gasteiger partial charge in [0.25, 0.3) is 0 Å². The highest BCUT2D eigenvalue weighted by Gasteiger charge is 2.52. The van der Waals surface area contributed by atoms with Crippen molar-refractivity contribution in [2.45, 2.75) is 57.5 Å². The van der Waals surface area contributed by atoms with Gasteiger partial charge in [-0.1, -0.05) is 31.5 Å². The molecule has 1 saturated heterocycles. The molecule has 0 radical (unpaired) electrons. The maximum Gasteiger partial charge on any atom is 0.339 e. The van der Waals surface area contributed by atoms with E-state index in [0.29, 0.717) is 5.56 Å². The number of hydrogen-bond acceptors (Lipinski definition) is 4. The van der Waals surface area contributed by atoms with E-state index in [4.69, 9.17) is 4.74 Å². The van der Waals surface area contributed by atoms with Crippen molar-refractivity contribution in [2.24, 2.45) is 5.41 Å².